The summed E-state index contributed by atoms with van der Waals surface area (Å²) in [5.74, 6) is 1.30. The Hall–Kier alpha value is -2.87. The van der Waals surface area contributed by atoms with Crippen LogP contribution in [0.2, 0.25) is 0 Å². The highest BCUT2D eigenvalue weighted by Gasteiger charge is 2.20. The van der Waals surface area contributed by atoms with E-state index < -0.39 is 10.0 Å². The molecule has 1 N–H and O–H groups in total. The Morgan fingerprint density at radius 1 is 1.19 bits per heavy atom. The maximum absolute atomic E-state index is 12.5. The molecule has 7 nitrogen and oxygen atoms in total. The molecule has 0 unspecified atom stereocenters. The van der Waals surface area contributed by atoms with Gasteiger partial charge in [-0.3, -0.25) is 4.79 Å². The largest absolute Gasteiger partial charge is 0.483 e. The van der Waals surface area contributed by atoms with Gasteiger partial charge in [0.1, 0.15) is 11.6 Å². The molecule has 31 heavy (non-hydrogen) atoms. The molecule has 2 aromatic rings. The number of nitrogens with zero attached hydrogens (tertiary/aromatic N) is 2. The molecule has 166 valence electrons. The zero-order valence-electron chi connectivity index (χ0n) is 18.4. The molecule has 0 aliphatic carbocycles. The molecule has 1 fully saturated rings. The van der Waals surface area contributed by atoms with Gasteiger partial charge in [-0.05, 0) is 60.7 Å². The lowest BCUT2D eigenvalue weighted by atomic mass is 10.0. The SMILES string of the molecule is Cc1ccc(C(C)C)cc1OCC(=O)Nc1ccc(S(=O)(=O)N=C2CCCN2C)cc1. The number of benzene rings is 2. The summed E-state index contributed by atoms with van der Waals surface area (Å²) in [5.41, 5.74) is 2.59. The Morgan fingerprint density at radius 3 is 2.52 bits per heavy atom. The van der Waals surface area contributed by atoms with Gasteiger partial charge >= 0.3 is 0 Å². The molecule has 1 aliphatic rings. The predicted molar refractivity (Wildman–Crippen MR) is 122 cm³/mol. The number of likely N-dealkylation sites (tertiary alicyclic amines) is 1. The van der Waals surface area contributed by atoms with Crippen LogP contribution in [0.1, 0.15) is 43.7 Å². The van der Waals surface area contributed by atoms with Gasteiger partial charge in [-0.1, -0.05) is 26.0 Å². The number of carbonyl (C=O) groups is 1. The van der Waals surface area contributed by atoms with E-state index in [0.29, 0.717) is 29.6 Å². The van der Waals surface area contributed by atoms with Crippen LogP contribution in [-0.4, -0.2) is 45.3 Å². The summed E-state index contributed by atoms with van der Waals surface area (Å²) < 4.78 is 34.7. The van der Waals surface area contributed by atoms with Crippen LogP contribution in [0.15, 0.2) is 51.8 Å². The third-order valence-corrected chi connectivity index (χ3v) is 6.55. The lowest BCUT2D eigenvalue weighted by Gasteiger charge is -2.13. The van der Waals surface area contributed by atoms with E-state index in [1.54, 1.807) is 12.1 Å². The molecule has 0 aromatic heterocycles. The quantitative estimate of drug-likeness (QED) is 0.700. The van der Waals surface area contributed by atoms with Gasteiger partial charge in [-0.25, -0.2) is 0 Å². The van der Waals surface area contributed by atoms with Crippen LogP contribution in [-0.2, 0) is 14.8 Å². The van der Waals surface area contributed by atoms with E-state index in [4.69, 9.17) is 4.74 Å². The average molecular weight is 444 g/mol. The molecule has 0 bridgehead atoms. The van der Waals surface area contributed by atoms with Crippen molar-refractivity contribution in [3.05, 3.63) is 53.6 Å². The third-order valence-electron chi connectivity index (χ3n) is 5.23. The third kappa shape index (κ3) is 5.85. The Balaban J connectivity index is 1.61. The van der Waals surface area contributed by atoms with E-state index in [-0.39, 0.29) is 17.4 Å². The van der Waals surface area contributed by atoms with Crippen molar-refractivity contribution in [2.45, 2.75) is 44.4 Å². The van der Waals surface area contributed by atoms with Crippen molar-refractivity contribution in [1.82, 2.24) is 4.90 Å². The highest BCUT2D eigenvalue weighted by Crippen LogP contribution is 2.24. The van der Waals surface area contributed by atoms with Crippen molar-refractivity contribution in [3.63, 3.8) is 0 Å². The maximum atomic E-state index is 12.5. The second-order valence-electron chi connectivity index (χ2n) is 8.05. The normalized spacial score (nSPS) is 15.5. The highest BCUT2D eigenvalue weighted by atomic mass is 32.2. The van der Waals surface area contributed by atoms with Gasteiger partial charge in [0.25, 0.3) is 15.9 Å². The molecule has 1 heterocycles. The molecule has 0 radical (unpaired) electrons. The number of anilines is 1. The number of nitrogens with one attached hydrogen (secondary N) is 1. The molecule has 0 saturated carbocycles. The Labute approximate surface area is 184 Å². The molecular weight excluding hydrogens is 414 g/mol. The molecule has 1 aliphatic heterocycles. The minimum atomic E-state index is -3.78. The van der Waals surface area contributed by atoms with Crippen LogP contribution in [0.4, 0.5) is 5.69 Å². The zero-order chi connectivity index (χ0) is 22.6. The lowest BCUT2D eigenvalue weighted by molar-refractivity contribution is -0.118. The fraction of sp³-hybridized carbons (Fsp3) is 0.391. The van der Waals surface area contributed by atoms with E-state index in [1.807, 2.05) is 31.0 Å². The van der Waals surface area contributed by atoms with Crippen LogP contribution in [0.25, 0.3) is 0 Å². The number of sulfonamides is 1. The number of amides is 1. The first-order chi connectivity index (χ1) is 14.7. The molecule has 3 rings (SSSR count). The number of carbonyl (C=O) groups excluding carboxylic acids is 1. The van der Waals surface area contributed by atoms with Gasteiger partial charge in [0.2, 0.25) is 0 Å². The number of hydrogen-bond acceptors (Lipinski definition) is 4. The number of hydrogen-bond donors (Lipinski definition) is 1. The minimum Gasteiger partial charge on any atom is -0.483 e. The Morgan fingerprint density at radius 2 is 1.90 bits per heavy atom. The topological polar surface area (TPSA) is 88.1 Å². The van der Waals surface area contributed by atoms with Crippen LogP contribution < -0.4 is 10.1 Å². The second kappa shape index (κ2) is 9.51. The standard InChI is InChI=1S/C23H29N3O4S/c1-16(2)18-8-7-17(3)21(14-18)30-15-23(27)24-19-9-11-20(12-10-19)31(28,29)25-22-6-5-13-26(22)4/h7-12,14,16H,5-6,13,15H2,1-4H3,(H,24,27). The van der Waals surface area contributed by atoms with E-state index in [0.717, 1.165) is 24.1 Å². The highest BCUT2D eigenvalue weighted by molar-refractivity contribution is 7.90. The second-order valence-corrected chi connectivity index (χ2v) is 9.65. The molecular formula is C23H29N3O4S. The van der Waals surface area contributed by atoms with Crippen molar-refractivity contribution in [2.75, 3.05) is 25.5 Å². The maximum Gasteiger partial charge on any atom is 0.283 e. The van der Waals surface area contributed by atoms with Crippen molar-refractivity contribution in [1.29, 1.82) is 0 Å². The number of rotatable bonds is 7. The van der Waals surface area contributed by atoms with Crippen LogP contribution in [0.3, 0.4) is 0 Å². The lowest BCUT2D eigenvalue weighted by Crippen LogP contribution is -2.21. The van der Waals surface area contributed by atoms with Crippen LogP contribution in [0.5, 0.6) is 5.75 Å². The predicted octanol–water partition coefficient (Wildman–Crippen LogP) is 3.95. The van der Waals surface area contributed by atoms with E-state index >= 15 is 0 Å². The van der Waals surface area contributed by atoms with E-state index in [1.165, 1.54) is 12.1 Å². The summed E-state index contributed by atoms with van der Waals surface area (Å²) in [6, 6.07) is 12.0. The number of aryl methyl sites for hydroxylation is 1. The van der Waals surface area contributed by atoms with Crippen LogP contribution in [0, 0.1) is 6.92 Å². The summed E-state index contributed by atoms with van der Waals surface area (Å²) >= 11 is 0. The monoisotopic (exact) mass is 443 g/mol. The Kier molecular flexibility index (Phi) is 7.00. The van der Waals surface area contributed by atoms with Gasteiger partial charge in [-0.2, -0.15) is 8.42 Å². The first-order valence-electron chi connectivity index (χ1n) is 10.3. The molecule has 8 heteroatoms. The smallest absolute Gasteiger partial charge is 0.283 e. The van der Waals surface area contributed by atoms with Crippen molar-refractivity contribution < 1.29 is 17.9 Å². The summed E-state index contributed by atoms with van der Waals surface area (Å²) in [7, 11) is -1.94. The van der Waals surface area contributed by atoms with Crippen LogP contribution >= 0.6 is 0 Å². The zero-order valence-corrected chi connectivity index (χ0v) is 19.2. The average Bonchev–Trinajstić information content (AvgIpc) is 3.11. The molecule has 1 saturated heterocycles. The number of amidine groups is 1. The van der Waals surface area contributed by atoms with Gasteiger partial charge in [0.05, 0.1) is 4.90 Å². The van der Waals surface area contributed by atoms with Gasteiger partial charge in [-0.15, -0.1) is 4.40 Å². The van der Waals surface area contributed by atoms with Crippen molar-refractivity contribution >= 4 is 27.5 Å². The molecule has 1 amide bonds. The minimum absolute atomic E-state index is 0.0932. The fourth-order valence-corrected chi connectivity index (χ4v) is 4.38. The summed E-state index contributed by atoms with van der Waals surface area (Å²) in [6.07, 6.45) is 1.56. The van der Waals surface area contributed by atoms with Crippen molar-refractivity contribution in [2.24, 2.45) is 4.40 Å². The van der Waals surface area contributed by atoms with E-state index in [9.17, 15) is 13.2 Å². The summed E-state index contributed by atoms with van der Waals surface area (Å²) in [6.45, 7) is 6.81. The van der Waals surface area contributed by atoms with Gasteiger partial charge < -0.3 is 15.0 Å². The Bertz CT molecular complexity index is 1080. The summed E-state index contributed by atoms with van der Waals surface area (Å²) in [5, 5.41) is 2.73. The first kappa shape index (κ1) is 22.8. The molecule has 0 atom stereocenters. The van der Waals surface area contributed by atoms with E-state index in [2.05, 4.69) is 29.6 Å². The molecule has 0 spiro atoms. The fourth-order valence-electron chi connectivity index (χ4n) is 3.28. The number of ether oxygens (including phenoxy) is 1. The first-order valence-corrected chi connectivity index (χ1v) is 11.8. The van der Waals surface area contributed by atoms with Gasteiger partial charge in [0.15, 0.2) is 6.61 Å². The van der Waals surface area contributed by atoms with Gasteiger partial charge in [0, 0.05) is 25.7 Å². The molecule has 2 aromatic carbocycles. The summed E-state index contributed by atoms with van der Waals surface area (Å²) in [4.78, 5) is 14.2. The van der Waals surface area contributed by atoms with Crippen molar-refractivity contribution in [3.8, 4) is 5.75 Å².